The van der Waals surface area contributed by atoms with Crippen molar-refractivity contribution in [2.75, 3.05) is 45.6 Å². The Hall–Kier alpha value is -1.08. The molecule has 0 aromatic carbocycles. The van der Waals surface area contributed by atoms with Crippen LogP contribution < -0.4 is 5.32 Å². The van der Waals surface area contributed by atoms with Crippen molar-refractivity contribution in [2.24, 2.45) is 4.99 Å². The van der Waals surface area contributed by atoms with Crippen molar-refractivity contribution in [3.05, 3.63) is 11.6 Å². The molecule has 1 saturated heterocycles. The van der Waals surface area contributed by atoms with Gasteiger partial charge in [-0.2, -0.15) is 0 Å². The third-order valence-corrected chi connectivity index (χ3v) is 6.87. The van der Waals surface area contributed by atoms with Crippen molar-refractivity contribution in [3.8, 4) is 0 Å². The van der Waals surface area contributed by atoms with Crippen LogP contribution in [0, 0.1) is 0 Å². The number of rotatable bonds is 3. The van der Waals surface area contributed by atoms with E-state index in [0.29, 0.717) is 19.7 Å². The van der Waals surface area contributed by atoms with Gasteiger partial charge in [-0.15, -0.1) is 0 Å². The molecule has 0 bridgehead atoms. The van der Waals surface area contributed by atoms with E-state index in [1.54, 1.807) is 20.9 Å². The third kappa shape index (κ3) is 4.01. The second-order valence-electron chi connectivity index (χ2n) is 6.41. The smallest absolute Gasteiger partial charge is 0.193 e. The molecular weight excluding hydrogens is 302 g/mol. The highest BCUT2D eigenvalue weighted by molar-refractivity contribution is 7.92. The second-order valence-corrected chi connectivity index (χ2v) is 9.15. The zero-order valence-electron chi connectivity index (χ0n) is 13.8. The fourth-order valence-corrected chi connectivity index (χ4v) is 4.15. The van der Waals surface area contributed by atoms with Crippen molar-refractivity contribution in [2.45, 2.75) is 31.4 Å². The maximum Gasteiger partial charge on any atom is 0.193 e. The fourth-order valence-electron chi connectivity index (χ4n) is 2.78. The topological polar surface area (TPSA) is 71.0 Å². The highest BCUT2D eigenvalue weighted by Crippen LogP contribution is 2.23. The molecule has 0 atom stereocenters. The number of guanidine groups is 1. The molecule has 0 spiro atoms. The first kappa shape index (κ1) is 17.3. The van der Waals surface area contributed by atoms with Gasteiger partial charge in [0.05, 0.1) is 23.7 Å². The summed E-state index contributed by atoms with van der Waals surface area (Å²) in [5.74, 6) is 0.971. The molecule has 2 aliphatic rings. The van der Waals surface area contributed by atoms with E-state index in [4.69, 9.17) is 4.74 Å². The lowest BCUT2D eigenvalue weighted by atomic mass is 10.1. The molecule has 0 unspecified atom stereocenters. The molecule has 2 aliphatic heterocycles. The minimum atomic E-state index is -3.02. The van der Waals surface area contributed by atoms with E-state index >= 15 is 0 Å². The van der Waals surface area contributed by atoms with Crippen molar-refractivity contribution in [1.82, 2.24) is 10.2 Å². The van der Waals surface area contributed by atoms with Crippen LogP contribution in [0.25, 0.3) is 0 Å². The van der Waals surface area contributed by atoms with Crippen LogP contribution in [0.1, 0.15) is 26.7 Å². The summed E-state index contributed by atoms with van der Waals surface area (Å²) in [5.41, 5.74) is 1.41. The highest BCUT2D eigenvalue weighted by atomic mass is 32.2. The van der Waals surface area contributed by atoms with Crippen molar-refractivity contribution in [3.63, 3.8) is 0 Å². The molecule has 126 valence electrons. The van der Waals surface area contributed by atoms with E-state index in [0.717, 1.165) is 32.0 Å². The van der Waals surface area contributed by atoms with Crippen molar-refractivity contribution < 1.29 is 13.2 Å². The van der Waals surface area contributed by atoms with Gasteiger partial charge in [0, 0.05) is 26.7 Å². The quantitative estimate of drug-likeness (QED) is 0.471. The van der Waals surface area contributed by atoms with Crippen LogP contribution >= 0.6 is 0 Å². The van der Waals surface area contributed by atoms with Gasteiger partial charge in [0.1, 0.15) is 0 Å². The lowest BCUT2D eigenvalue weighted by Gasteiger charge is -2.39. The molecule has 0 saturated carbocycles. The van der Waals surface area contributed by atoms with E-state index in [1.807, 2.05) is 4.90 Å². The molecule has 6 nitrogen and oxygen atoms in total. The lowest BCUT2D eigenvalue weighted by Crippen LogP contribution is -2.57. The van der Waals surface area contributed by atoms with Gasteiger partial charge in [-0.3, -0.25) is 4.99 Å². The number of hydrogen-bond donors (Lipinski definition) is 1. The van der Waals surface area contributed by atoms with Gasteiger partial charge in [0.2, 0.25) is 0 Å². The Balaban J connectivity index is 1.88. The molecule has 2 heterocycles. The Morgan fingerprint density at radius 1 is 1.50 bits per heavy atom. The summed E-state index contributed by atoms with van der Waals surface area (Å²) in [4.78, 5) is 6.34. The number of aliphatic imine (C=N–C) groups is 1. The Morgan fingerprint density at radius 3 is 2.86 bits per heavy atom. The summed E-state index contributed by atoms with van der Waals surface area (Å²) in [6, 6.07) is 0. The van der Waals surface area contributed by atoms with Gasteiger partial charge in [0.25, 0.3) is 0 Å². The third-order valence-electron chi connectivity index (χ3n) is 4.34. The summed E-state index contributed by atoms with van der Waals surface area (Å²) in [6.07, 6.45) is 4.11. The summed E-state index contributed by atoms with van der Waals surface area (Å²) >= 11 is 0. The summed E-state index contributed by atoms with van der Waals surface area (Å²) in [6.45, 7) is 6.87. The Labute approximate surface area is 133 Å². The number of nitrogens with zero attached hydrogens (tertiary/aromatic N) is 2. The molecule has 0 aromatic rings. The summed E-state index contributed by atoms with van der Waals surface area (Å²) in [7, 11) is -1.28. The SMILES string of the molecule is CN=C(NCCC1=CCOCC1)N1CCS(=O)(=O)C(C)(C)C1. The van der Waals surface area contributed by atoms with Crippen LogP contribution in [0.4, 0.5) is 0 Å². The molecule has 0 amide bonds. The standard InChI is InChI=1S/C15H27N3O3S/c1-15(2)12-18(8-11-22(15,19)20)14(16-3)17-7-4-13-5-9-21-10-6-13/h5H,4,6-12H2,1-3H3,(H,16,17). The number of sulfone groups is 1. The van der Waals surface area contributed by atoms with Crippen molar-refractivity contribution in [1.29, 1.82) is 0 Å². The van der Waals surface area contributed by atoms with Crippen LogP contribution in [0.2, 0.25) is 0 Å². The molecule has 2 rings (SSSR count). The molecule has 0 radical (unpaired) electrons. The minimum Gasteiger partial charge on any atom is -0.377 e. The van der Waals surface area contributed by atoms with E-state index in [1.165, 1.54) is 5.57 Å². The molecular formula is C15H27N3O3S. The number of nitrogens with one attached hydrogen (secondary N) is 1. The fraction of sp³-hybridized carbons (Fsp3) is 0.800. The normalized spacial score (nSPS) is 24.8. The lowest BCUT2D eigenvalue weighted by molar-refractivity contribution is 0.153. The average Bonchev–Trinajstić information content (AvgIpc) is 2.48. The molecule has 22 heavy (non-hydrogen) atoms. The minimum absolute atomic E-state index is 0.184. The zero-order chi connectivity index (χ0) is 16.2. The number of ether oxygens (including phenoxy) is 1. The van der Waals surface area contributed by atoms with Crippen LogP contribution in [-0.2, 0) is 14.6 Å². The van der Waals surface area contributed by atoms with Crippen LogP contribution in [-0.4, -0.2) is 69.7 Å². The zero-order valence-corrected chi connectivity index (χ0v) is 14.6. The Morgan fingerprint density at radius 2 is 2.27 bits per heavy atom. The maximum absolute atomic E-state index is 12.1. The van der Waals surface area contributed by atoms with Crippen LogP contribution in [0.5, 0.6) is 0 Å². The van der Waals surface area contributed by atoms with Gasteiger partial charge in [-0.25, -0.2) is 8.42 Å². The van der Waals surface area contributed by atoms with Crippen LogP contribution in [0.3, 0.4) is 0 Å². The molecule has 0 aromatic heterocycles. The largest absolute Gasteiger partial charge is 0.377 e. The van der Waals surface area contributed by atoms with Gasteiger partial charge in [-0.1, -0.05) is 11.6 Å². The van der Waals surface area contributed by atoms with Crippen molar-refractivity contribution >= 4 is 15.8 Å². The average molecular weight is 329 g/mol. The maximum atomic E-state index is 12.1. The monoisotopic (exact) mass is 329 g/mol. The van der Waals surface area contributed by atoms with Crippen LogP contribution in [0.15, 0.2) is 16.6 Å². The Bertz CT molecular complexity index is 552. The van der Waals surface area contributed by atoms with Gasteiger partial charge < -0.3 is 15.0 Å². The van der Waals surface area contributed by atoms with E-state index in [2.05, 4.69) is 16.4 Å². The first-order valence-electron chi connectivity index (χ1n) is 7.79. The van der Waals surface area contributed by atoms with Gasteiger partial charge >= 0.3 is 0 Å². The molecule has 7 heteroatoms. The first-order valence-corrected chi connectivity index (χ1v) is 9.44. The van der Waals surface area contributed by atoms with E-state index < -0.39 is 14.6 Å². The molecule has 1 N–H and O–H groups in total. The van der Waals surface area contributed by atoms with Gasteiger partial charge in [0.15, 0.2) is 15.8 Å². The highest BCUT2D eigenvalue weighted by Gasteiger charge is 2.40. The molecule has 0 aliphatic carbocycles. The predicted octanol–water partition coefficient (Wildman–Crippen LogP) is 0.808. The number of hydrogen-bond acceptors (Lipinski definition) is 4. The second kappa shape index (κ2) is 7.00. The summed E-state index contributed by atoms with van der Waals surface area (Å²) < 4.78 is 28.7. The van der Waals surface area contributed by atoms with Gasteiger partial charge in [-0.05, 0) is 26.7 Å². The predicted molar refractivity (Wildman–Crippen MR) is 88.9 cm³/mol. The summed E-state index contributed by atoms with van der Waals surface area (Å²) in [5, 5.41) is 3.35. The van der Waals surface area contributed by atoms with E-state index in [9.17, 15) is 8.42 Å². The Kier molecular flexibility index (Phi) is 5.50. The first-order chi connectivity index (χ1) is 10.4. The van der Waals surface area contributed by atoms with E-state index in [-0.39, 0.29) is 5.75 Å². The molecule has 1 fully saturated rings.